The van der Waals surface area contributed by atoms with Crippen molar-refractivity contribution in [3.05, 3.63) is 12.2 Å². The highest BCUT2D eigenvalue weighted by atomic mass is 16.5. The fraction of sp³-hybridized carbons (Fsp3) is 0.500. The molecule has 0 spiro atoms. The van der Waals surface area contributed by atoms with Crippen LogP contribution in [0.5, 0.6) is 0 Å². The van der Waals surface area contributed by atoms with Gasteiger partial charge in [-0.2, -0.15) is 0 Å². The van der Waals surface area contributed by atoms with E-state index in [1.807, 2.05) is 0 Å². The lowest BCUT2D eigenvalue weighted by atomic mass is 10.2. The summed E-state index contributed by atoms with van der Waals surface area (Å²) in [6, 6.07) is 0. The Kier molecular flexibility index (Phi) is 5.54. The molecule has 0 atom stereocenters. The SMILES string of the molecule is C=C(CC(=O)OCCN)C(=O)OC. The number of nitrogens with two attached hydrogens (primary N) is 1. The molecule has 0 saturated carbocycles. The zero-order chi connectivity index (χ0) is 10.3. The molecule has 0 aromatic carbocycles. The van der Waals surface area contributed by atoms with E-state index in [0.717, 1.165) is 0 Å². The maximum absolute atomic E-state index is 10.9. The van der Waals surface area contributed by atoms with Crippen molar-refractivity contribution in [2.45, 2.75) is 6.42 Å². The molecule has 0 aromatic rings. The van der Waals surface area contributed by atoms with Gasteiger partial charge in [-0.15, -0.1) is 0 Å². The molecule has 2 N–H and O–H groups in total. The first-order valence-corrected chi connectivity index (χ1v) is 3.73. The zero-order valence-electron chi connectivity index (χ0n) is 7.54. The van der Waals surface area contributed by atoms with Crippen molar-refractivity contribution < 1.29 is 19.1 Å². The van der Waals surface area contributed by atoms with Gasteiger partial charge in [0.1, 0.15) is 6.61 Å². The van der Waals surface area contributed by atoms with E-state index >= 15 is 0 Å². The molecule has 13 heavy (non-hydrogen) atoms. The molecule has 0 aliphatic carbocycles. The molecule has 0 fully saturated rings. The summed E-state index contributed by atoms with van der Waals surface area (Å²) in [4.78, 5) is 21.7. The van der Waals surface area contributed by atoms with Crippen molar-refractivity contribution in [3.8, 4) is 0 Å². The molecule has 0 unspecified atom stereocenters. The Morgan fingerprint density at radius 1 is 1.46 bits per heavy atom. The van der Waals surface area contributed by atoms with Gasteiger partial charge in [0, 0.05) is 12.1 Å². The van der Waals surface area contributed by atoms with E-state index in [9.17, 15) is 9.59 Å². The second kappa shape index (κ2) is 6.19. The molecule has 0 aliphatic rings. The maximum atomic E-state index is 10.9. The van der Waals surface area contributed by atoms with Gasteiger partial charge in [-0.25, -0.2) is 4.79 Å². The molecule has 0 rings (SSSR count). The third-order valence-corrected chi connectivity index (χ3v) is 1.21. The van der Waals surface area contributed by atoms with Crippen LogP contribution in [0, 0.1) is 0 Å². The van der Waals surface area contributed by atoms with Crippen LogP contribution in [0.2, 0.25) is 0 Å². The quantitative estimate of drug-likeness (QED) is 0.468. The summed E-state index contributed by atoms with van der Waals surface area (Å²) in [7, 11) is 1.22. The summed E-state index contributed by atoms with van der Waals surface area (Å²) in [5.74, 6) is -1.13. The number of rotatable bonds is 5. The number of hydrogen-bond acceptors (Lipinski definition) is 5. The molecule has 0 radical (unpaired) electrons. The Labute approximate surface area is 76.5 Å². The van der Waals surface area contributed by atoms with Gasteiger partial charge in [0.25, 0.3) is 0 Å². The highest BCUT2D eigenvalue weighted by molar-refractivity contribution is 5.93. The van der Waals surface area contributed by atoms with Gasteiger partial charge in [-0.1, -0.05) is 6.58 Å². The number of ether oxygens (including phenoxy) is 2. The highest BCUT2D eigenvalue weighted by Crippen LogP contribution is 2.01. The van der Waals surface area contributed by atoms with Crippen molar-refractivity contribution in [1.82, 2.24) is 0 Å². The van der Waals surface area contributed by atoms with Gasteiger partial charge in [-0.05, 0) is 0 Å². The van der Waals surface area contributed by atoms with Crippen LogP contribution in [0.1, 0.15) is 6.42 Å². The zero-order valence-corrected chi connectivity index (χ0v) is 7.54. The van der Waals surface area contributed by atoms with Crippen molar-refractivity contribution in [3.63, 3.8) is 0 Å². The summed E-state index contributed by atoms with van der Waals surface area (Å²) >= 11 is 0. The average molecular weight is 187 g/mol. The van der Waals surface area contributed by atoms with Crippen LogP contribution in [-0.4, -0.2) is 32.2 Å². The van der Waals surface area contributed by atoms with Crippen LogP contribution in [0.15, 0.2) is 12.2 Å². The Morgan fingerprint density at radius 2 is 2.08 bits per heavy atom. The smallest absolute Gasteiger partial charge is 0.333 e. The molecule has 5 heteroatoms. The number of methoxy groups -OCH3 is 1. The number of hydrogen-bond donors (Lipinski definition) is 1. The second-order valence-corrected chi connectivity index (χ2v) is 2.28. The van der Waals surface area contributed by atoms with E-state index in [1.165, 1.54) is 7.11 Å². The minimum Gasteiger partial charge on any atom is -0.466 e. The molecule has 5 nitrogen and oxygen atoms in total. The normalized spacial score (nSPS) is 9.08. The predicted octanol–water partition coefficient (Wildman–Crippen LogP) is -0.392. The summed E-state index contributed by atoms with van der Waals surface area (Å²) in [6.45, 7) is 3.77. The second-order valence-electron chi connectivity index (χ2n) is 2.28. The monoisotopic (exact) mass is 187 g/mol. The van der Waals surface area contributed by atoms with Crippen molar-refractivity contribution in [2.24, 2.45) is 5.73 Å². The molecule has 0 saturated heterocycles. The maximum Gasteiger partial charge on any atom is 0.333 e. The summed E-state index contributed by atoms with van der Waals surface area (Å²) < 4.78 is 8.97. The van der Waals surface area contributed by atoms with Crippen LogP contribution in [0.4, 0.5) is 0 Å². The van der Waals surface area contributed by atoms with E-state index in [-0.39, 0.29) is 25.1 Å². The first kappa shape index (κ1) is 11.6. The largest absolute Gasteiger partial charge is 0.466 e. The molecular formula is C8H13NO4. The van der Waals surface area contributed by atoms with Gasteiger partial charge >= 0.3 is 11.9 Å². The molecule has 74 valence electrons. The van der Waals surface area contributed by atoms with E-state index in [0.29, 0.717) is 0 Å². The summed E-state index contributed by atoms with van der Waals surface area (Å²) in [5, 5.41) is 0. The standard InChI is InChI=1S/C8H13NO4/c1-6(8(11)12-2)5-7(10)13-4-3-9/h1,3-5,9H2,2H3. The van der Waals surface area contributed by atoms with Crippen LogP contribution >= 0.6 is 0 Å². The summed E-state index contributed by atoms with van der Waals surface area (Å²) in [5.41, 5.74) is 5.18. The van der Waals surface area contributed by atoms with Crippen molar-refractivity contribution in [2.75, 3.05) is 20.3 Å². The van der Waals surface area contributed by atoms with E-state index in [2.05, 4.69) is 16.1 Å². The van der Waals surface area contributed by atoms with Crippen molar-refractivity contribution >= 4 is 11.9 Å². The Balaban J connectivity index is 3.78. The first-order valence-electron chi connectivity index (χ1n) is 3.73. The minimum atomic E-state index is -0.607. The lowest BCUT2D eigenvalue weighted by molar-refractivity contribution is -0.145. The predicted molar refractivity (Wildman–Crippen MR) is 45.8 cm³/mol. The van der Waals surface area contributed by atoms with E-state index < -0.39 is 11.9 Å². The highest BCUT2D eigenvalue weighted by Gasteiger charge is 2.12. The molecule has 0 aliphatic heterocycles. The fourth-order valence-corrected chi connectivity index (χ4v) is 0.615. The van der Waals surface area contributed by atoms with E-state index in [1.54, 1.807) is 0 Å². The van der Waals surface area contributed by atoms with Crippen LogP contribution in [-0.2, 0) is 19.1 Å². The van der Waals surface area contributed by atoms with Crippen LogP contribution < -0.4 is 5.73 Å². The molecule has 0 amide bonds. The molecule has 0 aromatic heterocycles. The van der Waals surface area contributed by atoms with Crippen LogP contribution in [0.25, 0.3) is 0 Å². The number of carbonyl (C=O) groups excluding carboxylic acids is 2. The Morgan fingerprint density at radius 3 is 2.54 bits per heavy atom. The minimum absolute atomic E-state index is 0.0736. The van der Waals surface area contributed by atoms with Crippen LogP contribution in [0.3, 0.4) is 0 Å². The molecule has 0 heterocycles. The van der Waals surface area contributed by atoms with Gasteiger partial charge in [-0.3, -0.25) is 4.79 Å². The van der Waals surface area contributed by atoms with Gasteiger partial charge < -0.3 is 15.2 Å². The molecule has 0 bridgehead atoms. The Hall–Kier alpha value is -1.36. The lowest BCUT2D eigenvalue weighted by Gasteiger charge is -2.03. The van der Waals surface area contributed by atoms with Gasteiger partial charge in [0.05, 0.1) is 13.5 Å². The lowest BCUT2D eigenvalue weighted by Crippen LogP contribution is -2.15. The number of esters is 2. The summed E-state index contributed by atoms with van der Waals surface area (Å²) in [6.07, 6.45) is -0.160. The molecular weight excluding hydrogens is 174 g/mol. The van der Waals surface area contributed by atoms with E-state index in [4.69, 9.17) is 5.73 Å². The third kappa shape index (κ3) is 4.97. The van der Waals surface area contributed by atoms with Crippen molar-refractivity contribution in [1.29, 1.82) is 0 Å². The first-order chi connectivity index (χ1) is 6.11. The van der Waals surface area contributed by atoms with Gasteiger partial charge in [0.15, 0.2) is 0 Å². The number of carbonyl (C=O) groups is 2. The average Bonchev–Trinajstić information content (AvgIpc) is 2.13. The third-order valence-electron chi connectivity index (χ3n) is 1.21. The van der Waals surface area contributed by atoms with Gasteiger partial charge in [0.2, 0.25) is 0 Å². The Bertz CT molecular complexity index is 212. The fourth-order valence-electron chi connectivity index (χ4n) is 0.615. The topological polar surface area (TPSA) is 78.6 Å².